The lowest BCUT2D eigenvalue weighted by Crippen LogP contribution is -2.22. The summed E-state index contributed by atoms with van der Waals surface area (Å²) in [5.74, 6) is 0.564. The van der Waals surface area contributed by atoms with Crippen molar-refractivity contribution in [3.63, 3.8) is 0 Å². The lowest BCUT2D eigenvalue weighted by Gasteiger charge is -2.10. The van der Waals surface area contributed by atoms with Gasteiger partial charge in [0.05, 0.1) is 12.9 Å². The molecule has 1 aliphatic heterocycles. The fourth-order valence-electron chi connectivity index (χ4n) is 2.11. The molecule has 1 aromatic carbocycles. The lowest BCUT2D eigenvalue weighted by atomic mass is 10.1. The molecule has 1 aliphatic rings. The van der Waals surface area contributed by atoms with Crippen molar-refractivity contribution in [2.45, 2.75) is 17.9 Å². The fraction of sp³-hybridized carbons (Fsp3) is 0.455. The summed E-state index contributed by atoms with van der Waals surface area (Å²) in [6.45, 7) is 2.71. The summed E-state index contributed by atoms with van der Waals surface area (Å²) in [6.07, 6.45) is 0. The van der Waals surface area contributed by atoms with E-state index in [1.54, 1.807) is 6.07 Å². The van der Waals surface area contributed by atoms with Gasteiger partial charge in [-0.25, -0.2) is 8.42 Å². The van der Waals surface area contributed by atoms with Crippen LogP contribution in [0.15, 0.2) is 23.1 Å². The molecule has 1 atom stereocenters. The molecule has 5 heteroatoms. The molecule has 0 amide bonds. The standard InChI is InChI=1S/C11H15NO3S/c1-3-12-9-7-16(13,14)11-8(9)5-4-6-10(11)15-2/h4-6,9,12H,3,7H2,1-2H3. The van der Waals surface area contributed by atoms with Crippen LogP contribution in [0.25, 0.3) is 0 Å². The van der Waals surface area contributed by atoms with E-state index in [2.05, 4.69) is 5.32 Å². The molecule has 0 bridgehead atoms. The normalized spacial score (nSPS) is 21.8. The molecule has 0 aliphatic carbocycles. The molecule has 0 saturated heterocycles. The van der Waals surface area contributed by atoms with Gasteiger partial charge in [-0.15, -0.1) is 0 Å². The van der Waals surface area contributed by atoms with Gasteiger partial charge in [0, 0.05) is 6.04 Å². The predicted octanol–water partition coefficient (Wildman–Crippen LogP) is 1.13. The topological polar surface area (TPSA) is 55.4 Å². The third kappa shape index (κ3) is 1.70. The van der Waals surface area contributed by atoms with Gasteiger partial charge in [-0.3, -0.25) is 0 Å². The zero-order valence-electron chi connectivity index (χ0n) is 9.36. The number of nitrogens with one attached hydrogen (secondary N) is 1. The zero-order valence-corrected chi connectivity index (χ0v) is 10.2. The van der Waals surface area contributed by atoms with Gasteiger partial charge in [-0.1, -0.05) is 19.1 Å². The van der Waals surface area contributed by atoms with E-state index in [-0.39, 0.29) is 11.8 Å². The van der Waals surface area contributed by atoms with Crippen molar-refractivity contribution in [1.29, 1.82) is 0 Å². The number of methoxy groups -OCH3 is 1. The van der Waals surface area contributed by atoms with Gasteiger partial charge in [0.2, 0.25) is 0 Å². The van der Waals surface area contributed by atoms with Crippen LogP contribution in [0, 0.1) is 0 Å². The Bertz CT molecular complexity index is 496. The number of ether oxygens (including phenoxy) is 1. The predicted molar refractivity (Wildman–Crippen MR) is 61.5 cm³/mol. The van der Waals surface area contributed by atoms with Gasteiger partial charge < -0.3 is 10.1 Å². The maximum Gasteiger partial charge on any atom is 0.184 e. The van der Waals surface area contributed by atoms with Crippen molar-refractivity contribution in [3.8, 4) is 5.75 Å². The van der Waals surface area contributed by atoms with Crippen LogP contribution in [0.4, 0.5) is 0 Å². The largest absolute Gasteiger partial charge is 0.495 e. The number of hydrogen-bond donors (Lipinski definition) is 1. The second-order valence-electron chi connectivity index (χ2n) is 3.77. The average molecular weight is 241 g/mol. The minimum Gasteiger partial charge on any atom is -0.495 e. The number of sulfone groups is 1. The Labute approximate surface area is 95.5 Å². The zero-order chi connectivity index (χ0) is 11.8. The Morgan fingerprint density at radius 2 is 2.25 bits per heavy atom. The molecule has 0 spiro atoms. The Morgan fingerprint density at radius 1 is 1.50 bits per heavy atom. The van der Waals surface area contributed by atoms with E-state index in [4.69, 9.17) is 4.74 Å². The van der Waals surface area contributed by atoms with Crippen molar-refractivity contribution in [2.75, 3.05) is 19.4 Å². The van der Waals surface area contributed by atoms with Crippen LogP contribution in [-0.4, -0.2) is 27.8 Å². The van der Waals surface area contributed by atoms with E-state index in [1.807, 2.05) is 19.1 Å². The first-order chi connectivity index (χ1) is 7.60. The van der Waals surface area contributed by atoms with Crippen molar-refractivity contribution in [1.82, 2.24) is 5.32 Å². The molecule has 4 nitrogen and oxygen atoms in total. The summed E-state index contributed by atoms with van der Waals surface area (Å²) < 4.78 is 29.1. The van der Waals surface area contributed by atoms with Gasteiger partial charge in [0.1, 0.15) is 10.6 Å². The van der Waals surface area contributed by atoms with E-state index in [0.717, 1.165) is 12.1 Å². The highest BCUT2D eigenvalue weighted by Gasteiger charge is 2.36. The summed E-state index contributed by atoms with van der Waals surface area (Å²) >= 11 is 0. The summed E-state index contributed by atoms with van der Waals surface area (Å²) in [5.41, 5.74) is 0.821. The van der Waals surface area contributed by atoms with Gasteiger partial charge in [0.25, 0.3) is 0 Å². The Hall–Kier alpha value is -1.07. The van der Waals surface area contributed by atoms with Crippen molar-refractivity contribution < 1.29 is 13.2 Å². The fourth-order valence-corrected chi connectivity index (χ4v) is 4.04. The SMILES string of the molecule is CCNC1CS(=O)(=O)c2c(OC)cccc21. The monoisotopic (exact) mass is 241 g/mol. The molecule has 88 valence electrons. The van der Waals surface area contributed by atoms with Crippen LogP contribution in [0.3, 0.4) is 0 Å². The minimum absolute atomic E-state index is 0.111. The van der Waals surface area contributed by atoms with E-state index in [0.29, 0.717) is 10.6 Å². The number of hydrogen-bond acceptors (Lipinski definition) is 4. The highest BCUT2D eigenvalue weighted by Crippen LogP contribution is 2.39. The summed E-state index contributed by atoms with van der Waals surface area (Å²) in [5, 5.41) is 3.17. The molecule has 0 radical (unpaired) electrons. The maximum absolute atomic E-state index is 12.0. The molecule has 1 aromatic rings. The molecule has 2 rings (SSSR count). The van der Waals surface area contributed by atoms with Gasteiger partial charge in [0.15, 0.2) is 9.84 Å². The molecule has 16 heavy (non-hydrogen) atoms. The lowest BCUT2D eigenvalue weighted by molar-refractivity contribution is 0.402. The first-order valence-corrected chi connectivity index (χ1v) is 6.88. The second-order valence-corrected chi connectivity index (χ2v) is 5.74. The van der Waals surface area contributed by atoms with E-state index >= 15 is 0 Å². The molecule has 1 N–H and O–H groups in total. The third-order valence-corrected chi connectivity index (χ3v) is 4.58. The summed E-state index contributed by atoms with van der Waals surface area (Å²) in [7, 11) is -1.72. The highest BCUT2D eigenvalue weighted by molar-refractivity contribution is 7.91. The van der Waals surface area contributed by atoms with Crippen LogP contribution in [-0.2, 0) is 9.84 Å². The van der Waals surface area contributed by atoms with E-state index in [1.165, 1.54) is 7.11 Å². The number of rotatable bonds is 3. The van der Waals surface area contributed by atoms with Crippen LogP contribution in [0.2, 0.25) is 0 Å². The Kier molecular flexibility index (Phi) is 2.90. The van der Waals surface area contributed by atoms with Gasteiger partial charge >= 0.3 is 0 Å². The first-order valence-electron chi connectivity index (χ1n) is 5.23. The van der Waals surface area contributed by atoms with Gasteiger partial charge in [-0.2, -0.15) is 0 Å². The van der Waals surface area contributed by atoms with Crippen molar-refractivity contribution in [3.05, 3.63) is 23.8 Å². The number of fused-ring (bicyclic) bond motifs is 1. The summed E-state index contributed by atoms with van der Waals surface area (Å²) in [4.78, 5) is 0.350. The summed E-state index contributed by atoms with van der Waals surface area (Å²) in [6, 6.07) is 5.24. The minimum atomic E-state index is -3.21. The van der Waals surface area contributed by atoms with Crippen LogP contribution < -0.4 is 10.1 Å². The molecule has 0 fully saturated rings. The Balaban J connectivity index is 2.58. The highest BCUT2D eigenvalue weighted by atomic mass is 32.2. The van der Waals surface area contributed by atoms with Crippen LogP contribution in [0.5, 0.6) is 5.75 Å². The quantitative estimate of drug-likeness (QED) is 0.862. The van der Waals surface area contributed by atoms with E-state index in [9.17, 15) is 8.42 Å². The maximum atomic E-state index is 12.0. The molecular formula is C11H15NO3S. The van der Waals surface area contributed by atoms with Gasteiger partial charge in [-0.05, 0) is 18.2 Å². The van der Waals surface area contributed by atoms with Crippen LogP contribution in [0.1, 0.15) is 18.5 Å². The molecule has 0 saturated carbocycles. The van der Waals surface area contributed by atoms with Crippen molar-refractivity contribution >= 4 is 9.84 Å². The second kappa shape index (κ2) is 4.07. The third-order valence-electron chi connectivity index (χ3n) is 2.75. The molecule has 1 heterocycles. The number of benzene rings is 1. The smallest absolute Gasteiger partial charge is 0.184 e. The van der Waals surface area contributed by atoms with E-state index < -0.39 is 9.84 Å². The van der Waals surface area contributed by atoms with Crippen LogP contribution >= 0.6 is 0 Å². The molecule has 1 unspecified atom stereocenters. The van der Waals surface area contributed by atoms with Crippen molar-refractivity contribution in [2.24, 2.45) is 0 Å². The molecule has 0 aromatic heterocycles. The Morgan fingerprint density at radius 3 is 2.88 bits per heavy atom. The first kappa shape index (κ1) is 11.4. The average Bonchev–Trinajstić information content (AvgIpc) is 2.52. The molecular weight excluding hydrogens is 226 g/mol.